The molecule has 1 aromatic carbocycles. The highest BCUT2D eigenvalue weighted by Crippen LogP contribution is 2.22. The van der Waals surface area contributed by atoms with Gasteiger partial charge in [0.05, 0.1) is 0 Å². The summed E-state index contributed by atoms with van der Waals surface area (Å²) in [6, 6.07) is 11.4. The number of hydrogen-bond acceptors (Lipinski definition) is 3. The minimum atomic E-state index is -0.229. The van der Waals surface area contributed by atoms with Gasteiger partial charge in [0, 0.05) is 34.2 Å². The first-order chi connectivity index (χ1) is 12.1. The summed E-state index contributed by atoms with van der Waals surface area (Å²) in [5.41, 5.74) is 1.60. The Morgan fingerprint density at radius 2 is 1.72 bits per heavy atom. The molecule has 2 N–H and O–H groups in total. The quantitative estimate of drug-likeness (QED) is 0.792. The van der Waals surface area contributed by atoms with E-state index in [-0.39, 0.29) is 18.0 Å². The average molecular weight is 404 g/mol. The molecule has 25 heavy (non-hydrogen) atoms. The molecule has 132 valence electrons. The van der Waals surface area contributed by atoms with Crippen LogP contribution in [0, 0.1) is 0 Å². The van der Waals surface area contributed by atoms with Crippen LogP contribution in [0.4, 0.5) is 11.4 Å². The maximum atomic E-state index is 12.1. The molecule has 1 heterocycles. The summed E-state index contributed by atoms with van der Waals surface area (Å²) < 4.78 is 2.14. The van der Waals surface area contributed by atoms with Gasteiger partial charge in [0.1, 0.15) is 6.54 Å². The number of hydrogen-bond donors (Lipinski definition) is 2. The van der Waals surface area contributed by atoms with Crippen molar-refractivity contribution in [2.45, 2.75) is 44.7 Å². The molecule has 0 atom stereocenters. The van der Waals surface area contributed by atoms with Crippen molar-refractivity contribution < 1.29 is 4.79 Å². The molecular formula is C19H22BrN3O2. The zero-order chi connectivity index (χ0) is 17.6. The number of aromatic nitrogens is 1. The van der Waals surface area contributed by atoms with Gasteiger partial charge in [0.25, 0.3) is 5.56 Å². The van der Waals surface area contributed by atoms with Gasteiger partial charge in [-0.1, -0.05) is 19.3 Å². The van der Waals surface area contributed by atoms with E-state index in [0.717, 1.165) is 15.8 Å². The van der Waals surface area contributed by atoms with Crippen LogP contribution in [0.2, 0.25) is 0 Å². The lowest BCUT2D eigenvalue weighted by Gasteiger charge is -2.23. The van der Waals surface area contributed by atoms with Crippen molar-refractivity contribution in [2.24, 2.45) is 0 Å². The molecule has 1 saturated carbocycles. The van der Waals surface area contributed by atoms with Crippen LogP contribution >= 0.6 is 15.9 Å². The van der Waals surface area contributed by atoms with Crippen molar-refractivity contribution in [3.05, 3.63) is 57.4 Å². The molecule has 0 radical (unpaired) electrons. The number of carbonyl (C=O) groups is 1. The van der Waals surface area contributed by atoms with Crippen molar-refractivity contribution in [3.63, 3.8) is 0 Å². The molecule has 1 aromatic heterocycles. The van der Waals surface area contributed by atoms with E-state index in [9.17, 15) is 9.59 Å². The molecule has 2 aromatic rings. The lowest BCUT2D eigenvalue weighted by atomic mass is 9.95. The third kappa shape index (κ3) is 5.19. The number of nitrogens with zero attached hydrogens (tertiary/aromatic N) is 1. The monoisotopic (exact) mass is 403 g/mol. The van der Waals surface area contributed by atoms with Crippen LogP contribution in [0.15, 0.2) is 51.9 Å². The minimum absolute atomic E-state index is 0.0135. The van der Waals surface area contributed by atoms with Gasteiger partial charge in [-0.05, 0) is 59.1 Å². The fraction of sp³-hybridized carbons (Fsp3) is 0.368. The average Bonchev–Trinajstić information content (AvgIpc) is 2.61. The first kappa shape index (κ1) is 17.7. The number of carbonyl (C=O) groups excluding carboxylic acids is 1. The van der Waals surface area contributed by atoms with Crippen LogP contribution in [0.1, 0.15) is 32.1 Å². The Bertz CT molecular complexity index is 780. The highest BCUT2D eigenvalue weighted by Gasteiger charge is 2.12. The second-order valence-electron chi connectivity index (χ2n) is 6.42. The van der Waals surface area contributed by atoms with E-state index in [4.69, 9.17) is 0 Å². The third-order valence-electron chi connectivity index (χ3n) is 4.41. The Kier molecular flexibility index (Phi) is 5.91. The molecule has 5 nitrogen and oxygen atoms in total. The van der Waals surface area contributed by atoms with Gasteiger partial charge >= 0.3 is 0 Å². The van der Waals surface area contributed by atoms with Crippen LogP contribution < -0.4 is 16.2 Å². The van der Waals surface area contributed by atoms with E-state index in [1.165, 1.54) is 42.7 Å². The van der Waals surface area contributed by atoms with Gasteiger partial charge in [-0.2, -0.15) is 0 Å². The van der Waals surface area contributed by atoms with Gasteiger partial charge in [-0.3, -0.25) is 9.59 Å². The summed E-state index contributed by atoms with van der Waals surface area (Å²) in [6.07, 6.45) is 7.98. The molecular weight excluding hydrogens is 382 g/mol. The Balaban J connectivity index is 1.56. The van der Waals surface area contributed by atoms with Crippen molar-refractivity contribution in [2.75, 3.05) is 10.6 Å². The number of benzene rings is 1. The molecule has 1 aliphatic rings. The van der Waals surface area contributed by atoms with E-state index >= 15 is 0 Å². The van der Waals surface area contributed by atoms with Gasteiger partial charge in [0.15, 0.2) is 0 Å². The summed E-state index contributed by atoms with van der Waals surface area (Å²) >= 11 is 3.30. The predicted octanol–water partition coefficient (Wildman–Crippen LogP) is 3.99. The number of anilines is 2. The lowest BCUT2D eigenvalue weighted by Crippen LogP contribution is -2.26. The van der Waals surface area contributed by atoms with Crippen molar-refractivity contribution in [1.82, 2.24) is 4.57 Å². The molecule has 0 unspecified atom stereocenters. The van der Waals surface area contributed by atoms with Gasteiger partial charge in [0.2, 0.25) is 5.91 Å². The SMILES string of the molecule is O=C(Cn1cc(Br)ccc1=O)Nc1ccc(NC2CCCCC2)cc1. The van der Waals surface area contributed by atoms with E-state index in [1.807, 2.05) is 24.3 Å². The van der Waals surface area contributed by atoms with Gasteiger partial charge < -0.3 is 15.2 Å². The Labute approximate surface area is 155 Å². The number of pyridine rings is 1. The molecule has 0 spiro atoms. The predicted molar refractivity (Wildman–Crippen MR) is 104 cm³/mol. The van der Waals surface area contributed by atoms with Gasteiger partial charge in [-0.25, -0.2) is 0 Å². The number of rotatable bonds is 5. The van der Waals surface area contributed by atoms with E-state index in [2.05, 4.69) is 26.6 Å². The molecule has 1 fully saturated rings. The van der Waals surface area contributed by atoms with E-state index < -0.39 is 0 Å². The fourth-order valence-electron chi connectivity index (χ4n) is 3.11. The van der Waals surface area contributed by atoms with Crippen LogP contribution in [-0.4, -0.2) is 16.5 Å². The summed E-state index contributed by atoms with van der Waals surface area (Å²) in [4.78, 5) is 23.9. The van der Waals surface area contributed by atoms with Crippen molar-refractivity contribution >= 4 is 33.2 Å². The van der Waals surface area contributed by atoms with Crippen LogP contribution in [0.3, 0.4) is 0 Å². The Hall–Kier alpha value is -2.08. The second-order valence-corrected chi connectivity index (χ2v) is 7.33. The molecule has 3 rings (SSSR count). The highest BCUT2D eigenvalue weighted by atomic mass is 79.9. The smallest absolute Gasteiger partial charge is 0.251 e. The number of nitrogens with one attached hydrogen (secondary N) is 2. The van der Waals surface area contributed by atoms with E-state index in [1.54, 1.807) is 12.3 Å². The summed E-state index contributed by atoms with van der Waals surface area (Å²) in [6.45, 7) is -0.0135. The largest absolute Gasteiger partial charge is 0.382 e. The first-order valence-electron chi connectivity index (χ1n) is 8.62. The maximum absolute atomic E-state index is 12.1. The zero-order valence-electron chi connectivity index (χ0n) is 14.0. The normalized spacial score (nSPS) is 14.9. The summed E-state index contributed by atoms with van der Waals surface area (Å²) in [5, 5.41) is 6.38. The molecule has 0 bridgehead atoms. The zero-order valence-corrected chi connectivity index (χ0v) is 15.6. The first-order valence-corrected chi connectivity index (χ1v) is 9.42. The van der Waals surface area contributed by atoms with Crippen LogP contribution in [-0.2, 0) is 11.3 Å². The van der Waals surface area contributed by atoms with Crippen molar-refractivity contribution in [1.29, 1.82) is 0 Å². The fourth-order valence-corrected chi connectivity index (χ4v) is 3.49. The maximum Gasteiger partial charge on any atom is 0.251 e. The number of halogens is 1. The Morgan fingerprint density at radius 3 is 2.44 bits per heavy atom. The summed E-state index contributed by atoms with van der Waals surface area (Å²) in [5.74, 6) is -0.229. The molecule has 0 aliphatic heterocycles. The van der Waals surface area contributed by atoms with E-state index in [0.29, 0.717) is 6.04 Å². The molecule has 1 aliphatic carbocycles. The van der Waals surface area contributed by atoms with Gasteiger partial charge in [-0.15, -0.1) is 0 Å². The number of amides is 1. The standard InChI is InChI=1S/C19H22BrN3O2/c20-14-6-11-19(25)23(12-14)13-18(24)22-17-9-7-16(8-10-17)21-15-4-2-1-3-5-15/h6-12,15,21H,1-5,13H2,(H,22,24). The minimum Gasteiger partial charge on any atom is -0.382 e. The molecule has 6 heteroatoms. The topological polar surface area (TPSA) is 63.1 Å². The Morgan fingerprint density at radius 1 is 1.04 bits per heavy atom. The summed E-state index contributed by atoms with van der Waals surface area (Å²) in [7, 11) is 0. The second kappa shape index (κ2) is 8.34. The highest BCUT2D eigenvalue weighted by molar-refractivity contribution is 9.10. The molecule has 0 saturated heterocycles. The lowest BCUT2D eigenvalue weighted by molar-refractivity contribution is -0.116. The third-order valence-corrected chi connectivity index (χ3v) is 4.88. The van der Waals surface area contributed by atoms with Crippen LogP contribution in [0.25, 0.3) is 0 Å². The van der Waals surface area contributed by atoms with Crippen LogP contribution in [0.5, 0.6) is 0 Å². The van der Waals surface area contributed by atoms with Crippen molar-refractivity contribution in [3.8, 4) is 0 Å². The molecule has 1 amide bonds.